The van der Waals surface area contributed by atoms with Crippen LogP contribution >= 0.6 is 0 Å². The molecule has 2 aromatic rings. The molecule has 5 atom stereocenters. The number of hydrogen-bond acceptors (Lipinski definition) is 7. The van der Waals surface area contributed by atoms with Crippen LogP contribution in [0.15, 0.2) is 60.7 Å². The van der Waals surface area contributed by atoms with Crippen LogP contribution in [0.5, 0.6) is 0 Å². The fourth-order valence-electron chi connectivity index (χ4n) is 4.16. The Morgan fingerprint density at radius 3 is 2.11 bits per heavy atom. The van der Waals surface area contributed by atoms with Gasteiger partial charge in [0.1, 0.15) is 6.04 Å². The van der Waals surface area contributed by atoms with E-state index in [0.717, 1.165) is 24.0 Å². The molecule has 0 unspecified atom stereocenters. The van der Waals surface area contributed by atoms with E-state index in [9.17, 15) is 19.5 Å². The zero-order valence-corrected chi connectivity index (χ0v) is 19.9. The van der Waals surface area contributed by atoms with Gasteiger partial charge in [-0.2, -0.15) is 0 Å². The number of carbonyl (C=O) groups is 3. The first-order chi connectivity index (χ1) is 17.3. The van der Waals surface area contributed by atoms with Crippen molar-refractivity contribution in [2.75, 3.05) is 6.54 Å². The molecule has 2 fully saturated rings. The summed E-state index contributed by atoms with van der Waals surface area (Å²) < 4.78 is 11.2. The van der Waals surface area contributed by atoms with Gasteiger partial charge < -0.3 is 36.1 Å². The molecule has 194 valence electrons. The van der Waals surface area contributed by atoms with Crippen LogP contribution < -0.4 is 11.5 Å². The summed E-state index contributed by atoms with van der Waals surface area (Å²) in [5.74, 6) is -2.45. The Balaban J connectivity index is 0.000000308. The summed E-state index contributed by atoms with van der Waals surface area (Å²) in [4.78, 5) is 36.2. The normalized spacial score (nSPS) is 23.5. The smallest absolute Gasteiger partial charge is 0.336 e. The summed E-state index contributed by atoms with van der Waals surface area (Å²) in [6.07, 6.45) is -0.400. The van der Waals surface area contributed by atoms with Crippen LogP contribution in [0.25, 0.3) is 0 Å². The molecule has 2 bridgehead atoms. The number of morpholine rings is 1. The molecule has 2 aliphatic heterocycles. The highest BCUT2D eigenvalue weighted by Gasteiger charge is 2.55. The number of amides is 1. The van der Waals surface area contributed by atoms with E-state index in [-0.39, 0.29) is 11.9 Å². The molecule has 0 aromatic heterocycles. The molecule has 2 aromatic carbocycles. The van der Waals surface area contributed by atoms with Gasteiger partial charge in [0.05, 0.1) is 6.04 Å². The molecule has 10 heteroatoms. The number of hydrogen-bond donors (Lipinski definition) is 4. The molecule has 1 amide bonds. The maximum atomic E-state index is 13.0. The zero-order valence-electron chi connectivity index (χ0n) is 19.9. The Hall–Kier alpha value is -3.31. The van der Waals surface area contributed by atoms with Crippen molar-refractivity contribution in [2.45, 2.75) is 62.8 Å². The lowest BCUT2D eigenvalue weighted by Gasteiger charge is -2.38. The monoisotopic (exact) mass is 499 g/mol. The molecular weight excluding hydrogens is 466 g/mol. The molecule has 36 heavy (non-hydrogen) atoms. The van der Waals surface area contributed by atoms with Gasteiger partial charge in [0.25, 0.3) is 5.91 Å². The van der Waals surface area contributed by atoms with E-state index in [1.807, 2.05) is 60.7 Å². The summed E-state index contributed by atoms with van der Waals surface area (Å²) >= 11 is 0. The van der Waals surface area contributed by atoms with E-state index >= 15 is 0 Å². The van der Waals surface area contributed by atoms with Crippen LogP contribution in [-0.4, -0.2) is 70.1 Å². The minimum absolute atomic E-state index is 0.337. The van der Waals surface area contributed by atoms with Crippen molar-refractivity contribution >= 4 is 17.8 Å². The Bertz CT molecular complexity index is 1010. The van der Waals surface area contributed by atoms with Crippen LogP contribution in [0.2, 0.25) is 0 Å². The summed E-state index contributed by atoms with van der Waals surface area (Å²) in [5.41, 5.74) is 12.4. The zero-order chi connectivity index (χ0) is 26.1. The van der Waals surface area contributed by atoms with Gasteiger partial charge in [0.2, 0.25) is 0 Å². The highest BCUT2D eigenvalue weighted by molar-refractivity contribution is 5.89. The molecule has 10 nitrogen and oxygen atoms in total. The number of carboxylic acids is 2. The van der Waals surface area contributed by atoms with Gasteiger partial charge in [-0.25, -0.2) is 4.79 Å². The number of nitrogens with zero attached hydrogens (tertiary/aromatic N) is 1. The van der Waals surface area contributed by atoms with Crippen LogP contribution in [0.1, 0.15) is 30.4 Å². The second-order valence-corrected chi connectivity index (χ2v) is 8.76. The summed E-state index contributed by atoms with van der Waals surface area (Å²) in [7, 11) is 0. The van der Waals surface area contributed by atoms with Crippen LogP contribution in [0.4, 0.5) is 0 Å². The number of ether oxygens (including phenoxy) is 2. The van der Waals surface area contributed by atoms with Crippen molar-refractivity contribution in [2.24, 2.45) is 11.5 Å². The van der Waals surface area contributed by atoms with Gasteiger partial charge >= 0.3 is 11.9 Å². The quantitative estimate of drug-likeness (QED) is 0.353. The first-order valence-corrected chi connectivity index (χ1v) is 11.9. The second kappa shape index (κ2) is 13.1. The first-order valence-electron chi connectivity index (χ1n) is 11.9. The second-order valence-electron chi connectivity index (χ2n) is 8.76. The Morgan fingerprint density at radius 2 is 1.56 bits per heavy atom. The number of carbonyl (C=O) groups excluding carboxylic acids is 1. The van der Waals surface area contributed by atoms with Gasteiger partial charge in [0, 0.05) is 6.54 Å². The van der Waals surface area contributed by atoms with E-state index < -0.39 is 36.5 Å². The SMILES string of the molecule is NCCCC[C@H](N)C(=O)O.O=C(O)[C@H]1O[C@H]2O[C@@H]1C(=O)N(Cc1ccccc1)[C@H]2Cc1ccccc1. The molecule has 2 aliphatic rings. The average molecular weight is 500 g/mol. The van der Waals surface area contributed by atoms with Crippen molar-refractivity contribution in [3.05, 3.63) is 71.8 Å². The van der Waals surface area contributed by atoms with E-state index in [2.05, 4.69) is 0 Å². The van der Waals surface area contributed by atoms with Crippen molar-refractivity contribution in [3.63, 3.8) is 0 Å². The summed E-state index contributed by atoms with van der Waals surface area (Å²) in [5, 5.41) is 17.7. The van der Waals surface area contributed by atoms with Crippen molar-refractivity contribution < 1.29 is 34.1 Å². The van der Waals surface area contributed by atoms with Crippen molar-refractivity contribution in [1.82, 2.24) is 4.90 Å². The molecule has 4 rings (SSSR count). The average Bonchev–Trinajstić information content (AvgIpc) is 3.29. The van der Waals surface area contributed by atoms with Gasteiger partial charge in [0.15, 0.2) is 18.5 Å². The number of rotatable bonds is 10. The van der Waals surface area contributed by atoms with E-state index in [4.69, 9.17) is 26.0 Å². The molecular formula is C26H33N3O7. The maximum Gasteiger partial charge on any atom is 0.336 e. The molecule has 0 radical (unpaired) electrons. The Morgan fingerprint density at radius 1 is 0.944 bits per heavy atom. The number of fused-ring (bicyclic) bond motifs is 2. The predicted molar refractivity (Wildman–Crippen MR) is 131 cm³/mol. The van der Waals surface area contributed by atoms with E-state index in [1.165, 1.54) is 0 Å². The highest BCUT2D eigenvalue weighted by Crippen LogP contribution is 2.34. The van der Waals surface area contributed by atoms with Gasteiger partial charge in [-0.1, -0.05) is 67.1 Å². The topological polar surface area (TPSA) is 165 Å². The fraction of sp³-hybridized carbons (Fsp3) is 0.423. The molecule has 0 aliphatic carbocycles. The number of unbranched alkanes of at least 4 members (excludes halogenated alkanes) is 1. The highest BCUT2D eigenvalue weighted by atomic mass is 16.7. The van der Waals surface area contributed by atoms with Crippen LogP contribution in [0.3, 0.4) is 0 Å². The van der Waals surface area contributed by atoms with Crippen molar-refractivity contribution in [1.29, 1.82) is 0 Å². The van der Waals surface area contributed by atoms with E-state index in [0.29, 0.717) is 25.9 Å². The number of carboxylic acid groups (broad SMARTS) is 2. The molecule has 0 saturated carbocycles. The lowest BCUT2D eigenvalue weighted by atomic mass is 10.0. The predicted octanol–water partition coefficient (Wildman–Crippen LogP) is 1.36. The summed E-state index contributed by atoms with van der Waals surface area (Å²) in [6.45, 7) is 0.996. The number of aliphatic carboxylic acids is 2. The largest absolute Gasteiger partial charge is 0.480 e. The molecule has 0 spiro atoms. The third kappa shape index (κ3) is 7.11. The molecule has 6 N–H and O–H groups in total. The molecule has 2 saturated heterocycles. The Kier molecular flexibility index (Phi) is 9.95. The number of benzene rings is 2. The standard InChI is InChI=1S/C20H19NO5.C6H14N2O2/c22-18-16-17(19(23)24)26-20(25-16)15(11-13-7-3-1-4-8-13)21(18)12-14-9-5-2-6-10-14;7-4-2-1-3-5(8)6(9)10/h1-10,15-17,20H,11-12H2,(H,23,24);5H,1-4,7-8H2,(H,9,10)/t15-,16-,17-,20+;5-/m00/s1. The van der Waals surface area contributed by atoms with E-state index in [1.54, 1.807) is 4.90 Å². The third-order valence-electron chi connectivity index (χ3n) is 6.09. The molecule has 2 heterocycles. The lowest BCUT2D eigenvalue weighted by molar-refractivity contribution is -0.177. The minimum atomic E-state index is -1.26. The van der Waals surface area contributed by atoms with Crippen LogP contribution in [0, 0.1) is 0 Å². The third-order valence-corrected chi connectivity index (χ3v) is 6.09. The van der Waals surface area contributed by atoms with Crippen molar-refractivity contribution in [3.8, 4) is 0 Å². The minimum Gasteiger partial charge on any atom is -0.480 e. The number of nitrogens with two attached hydrogens (primary N) is 2. The Labute approximate surface area is 209 Å². The fourth-order valence-corrected chi connectivity index (χ4v) is 4.16. The lowest BCUT2D eigenvalue weighted by Crippen LogP contribution is -2.56. The maximum absolute atomic E-state index is 13.0. The summed E-state index contributed by atoms with van der Waals surface area (Å²) in [6, 6.07) is 18.3. The first kappa shape index (κ1) is 27.3. The van der Waals surface area contributed by atoms with Gasteiger partial charge in [-0.15, -0.1) is 0 Å². The van der Waals surface area contributed by atoms with Crippen LogP contribution in [-0.2, 0) is 36.8 Å². The van der Waals surface area contributed by atoms with Gasteiger partial charge in [-0.05, 0) is 36.9 Å². The van der Waals surface area contributed by atoms with Gasteiger partial charge in [-0.3, -0.25) is 9.59 Å².